The van der Waals surface area contributed by atoms with Gasteiger partial charge in [-0.1, -0.05) is 72.9 Å². The number of thioether (sulfide) groups is 1. The molecule has 0 saturated carbocycles. The van der Waals surface area contributed by atoms with Gasteiger partial charge in [0.25, 0.3) is 0 Å². The summed E-state index contributed by atoms with van der Waals surface area (Å²) in [6, 6.07) is 23.5. The first-order valence-corrected chi connectivity index (χ1v) is 10.0. The van der Waals surface area contributed by atoms with Crippen LogP contribution < -0.4 is 4.74 Å². The van der Waals surface area contributed by atoms with E-state index in [4.69, 9.17) is 17.0 Å². The molecule has 126 valence electrons. The van der Waals surface area contributed by atoms with Gasteiger partial charge in [-0.25, -0.2) is 0 Å². The molecule has 1 atom stereocenters. The van der Waals surface area contributed by atoms with Crippen LogP contribution in [0.5, 0.6) is 5.75 Å². The maximum atomic E-state index is 5.76. The Morgan fingerprint density at radius 3 is 2.72 bits per heavy atom. The Morgan fingerprint density at radius 1 is 1.00 bits per heavy atom. The molecule has 1 aliphatic rings. The summed E-state index contributed by atoms with van der Waals surface area (Å²) >= 11 is 7.40. The highest BCUT2D eigenvalue weighted by atomic mass is 32.2. The third kappa shape index (κ3) is 3.88. The monoisotopic (exact) mass is 364 g/mol. The zero-order valence-corrected chi connectivity index (χ0v) is 15.6. The zero-order valence-electron chi connectivity index (χ0n) is 14.0. The lowest BCUT2D eigenvalue weighted by molar-refractivity contribution is 0.326. The number of fused-ring (bicyclic) bond motifs is 2. The minimum absolute atomic E-state index is 0.482. The van der Waals surface area contributed by atoms with Gasteiger partial charge >= 0.3 is 0 Å². The van der Waals surface area contributed by atoms with E-state index in [9.17, 15) is 0 Å². The largest absolute Gasteiger partial charge is 0.493 e. The molecule has 25 heavy (non-hydrogen) atoms. The fourth-order valence-electron chi connectivity index (χ4n) is 3.32. The van der Waals surface area contributed by atoms with E-state index in [0.717, 1.165) is 35.1 Å². The van der Waals surface area contributed by atoms with Crippen LogP contribution in [0.25, 0.3) is 10.8 Å². The summed E-state index contributed by atoms with van der Waals surface area (Å²) in [4.78, 5) is 0. The molecule has 1 aliphatic heterocycles. The molecule has 0 N–H and O–H groups in total. The second kappa shape index (κ2) is 7.59. The Morgan fingerprint density at radius 2 is 1.80 bits per heavy atom. The zero-order chi connectivity index (χ0) is 17.1. The van der Waals surface area contributed by atoms with Gasteiger partial charge in [0, 0.05) is 21.4 Å². The predicted molar refractivity (Wildman–Crippen MR) is 112 cm³/mol. The van der Waals surface area contributed by atoms with Crippen molar-refractivity contribution in [3.8, 4) is 5.75 Å². The van der Waals surface area contributed by atoms with Gasteiger partial charge in [-0.15, -0.1) is 11.8 Å². The molecule has 0 bridgehead atoms. The fourth-order valence-corrected chi connectivity index (χ4v) is 4.39. The molecular weight excluding hydrogens is 344 g/mol. The van der Waals surface area contributed by atoms with Crippen molar-refractivity contribution in [3.05, 3.63) is 77.9 Å². The Bertz CT molecular complexity index is 903. The average Bonchev–Trinajstić information content (AvgIpc) is 3.08. The first kappa shape index (κ1) is 16.6. The lowest BCUT2D eigenvalue weighted by Gasteiger charge is -2.09. The molecule has 0 aliphatic carbocycles. The van der Waals surface area contributed by atoms with Crippen LogP contribution in [0.1, 0.15) is 29.9 Å². The van der Waals surface area contributed by atoms with E-state index in [1.54, 1.807) is 11.8 Å². The Labute approximate surface area is 158 Å². The molecule has 1 heterocycles. The Kier molecular flexibility index (Phi) is 5.04. The summed E-state index contributed by atoms with van der Waals surface area (Å²) in [5.74, 6) is 2.47. The van der Waals surface area contributed by atoms with Crippen LogP contribution in [-0.4, -0.2) is 10.8 Å². The lowest BCUT2D eigenvalue weighted by Crippen LogP contribution is -2.02. The van der Waals surface area contributed by atoms with Crippen LogP contribution >= 0.6 is 24.0 Å². The van der Waals surface area contributed by atoms with Crippen LogP contribution in [0.15, 0.2) is 66.7 Å². The summed E-state index contributed by atoms with van der Waals surface area (Å²) in [5.41, 5.74) is 2.67. The van der Waals surface area contributed by atoms with E-state index in [-0.39, 0.29) is 0 Å². The van der Waals surface area contributed by atoms with Crippen molar-refractivity contribution < 1.29 is 4.74 Å². The Hall–Kier alpha value is -1.84. The van der Waals surface area contributed by atoms with E-state index in [1.807, 2.05) is 6.07 Å². The average molecular weight is 365 g/mol. The van der Waals surface area contributed by atoms with Gasteiger partial charge in [0.1, 0.15) is 5.75 Å². The topological polar surface area (TPSA) is 9.23 Å². The van der Waals surface area contributed by atoms with Crippen LogP contribution in [0, 0.1) is 0 Å². The maximum Gasteiger partial charge on any atom is 0.122 e. The molecular formula is C22H20OS2. The normalized spacial score (nSPS) is 15.8. The van der Waals surface area contributed by atoms with E-state index in [2.05, 4.69) is 60.7 Å². The van der Waals surface area contributed by atoms with Crippen molar-refractivity contribution in [2.75, 3.05) is 6.61 Å². The maximum absolute atomic E-state index is 5.76. The van der Waals surface area contributed by atoms with Crippen LogP contribution in [0.3, 0.4) is 0 Å². The number of hydrogen-bond donors (Lipinski definition) is 0. The molecule has 0 fully saturated rings. The van der Waals surface area contributed by atoms with Gasteiger partial charge in [0.15, 0.2) is 0 Å². The molecule has 0 spiro atoms. The quantitative estimate of drug-likeness (QED) is 0.488. The highest BCUT2D eigenvalue weighted by Gasteiger charge is 2.23. The smallest absolute Gasteiger partial charge is 0.122 e. The summed E-state index contributed by atoms with van der Waals surface area (Å²) in [6.45, 7) is 0.789. The van der Waals surface area contributed by atoms with Gasteiger partial charge in [-0.3, -0.25) is 0 Å². The second-order valence-electron chi connectivity index (χ2n) is 6.43. The van der Waals surface area contributed by atoms with Crippen LogP contribution in [0.4, 0.5) is 0 Å². The summed E-state index contributed by atoms with van der Waals surface area (Å²) in [5, 5.41) is 2.59. The number of para-hydroxylation sites is 1. The molecule has 1 nitrogen and oxygen atoms in total. The highest BCUT2D eigenvalue weighted by Crippen LogP contribution is 2.36. The Balaban J connectivity index is 1.30. The fraction of sp³-hybridized carbons (Fsp3) is 0.227. The van der Waals surface area contributed by atoms with Crippen LogP contribution in [0.2, 0.25) is 0 Å². The predicted octanol–water partition coefficient (Wildman–Crippen LogP) is 6.36. The molecule has 3 aromatic rings. The standard InChI is InChI=1S/C22H20OS2/c24-22(12-11-19-14-23-21-8-4-3-7-20(19)21)25-15-16-9-10-17-5-1-2-6-18(17)13-16/h1-10,13,19H,11-12,14-15H2. The number of ether oxygens (including phenoxy) is 1. The van der Waals surface area contributed by atoms with Crippen LogP contribution in [-0.2, 0) is 5.75 Å². The third-order valence-electron chi connectivity index (χ3n) is 4.71. The van der Waals surface area contributed by atoms with E-state index < -0.39 is 0 Å². The van der Waals surface area contributed by atoms with Gasteiger partial charge < -0.3 is 4.74 Å². The molecule has 0 saturated heterocycles. The molecule has 3 aromatic carbocycles. The summed E-state index contributed by atoms with van der Waals surface area (Å²) < 4.78 is 6.86. The second-order valence-corrected chi connectivity index (χ2v) is 8.25. The lowest BCUT2D eigenvalue weighted by atomic mass is 9.97. The molecule has 0 amide bonds. The number of rotatable bonds is 5. The highest BCUT2D eigenvalue weighted by molar-refractivity contribution is 8.22. The minimum Gasteiger partial charge on any atom is -0.493 e. The minimum atomic E-state index is 0.482. The SMILES string of the molecule is S=C(CCC1COc2ccccc21)SCc1ccc2ccccc2c1. The van der Waals surface area contributed by atoms with Crippen molar-refractivity contribution in [2.24, 2.45) is 0 Å². The first-order valence-electron chi connectivity index (χ1n) is 8.64. The molecule has 0 radical (unpaired) electrons. The van der Waals surface area contributed by atoms with Gasteiger partial charge in [0.2, 0.25) is 0 Å². The molecule has 1 unspecified atom stereocenters. The molecule has 4 rings (SSSR count). The van der Waals surface area contributed by atoms with Gasteiger partial charge in [-0.2, -0.15) is 0 Å². The summed E-state index contributed by atoms with van der Waals surface area (Å²) in [7, 11) is 0. The van der Waals surface area contributed by atoms with E-state index >= 15 is 0 Å². The number of hydrogen-bond acceptors (Lipinski definition) is 3. The third-order valence-corrected chi connectivity index (χ3v) is 6.27. The van der Waals surface area contributed by atoms with Crippen molar-refractivity contribution in [1.82, 2.24) is 0 Å². The van der Waals surface area contributed by atoms with Crippen molar-refractivity contribution >= 4 is 38.9 Å². The first-order chi connectivity index (χ1) is 12.3. The van der Waals surface area contributed by atoms with Crippen molar-refractivity contribution in [2.45, 2.75) is 24.5 Å². The molecule has 0 aromatic heterocycles. The summed E-state index contributed by atoms with van der Waals surface area (Å²) in [6.07, 6.45) is 2.04. The van der Waals surface area contributed by atoms with Gasteiger partial charge in [0.05, 0.1) is 6.61 Å². The van der Waals surface area contributed by atoms with E-state index in [1.165, 1.54) is 21.9 Å². The van der Waals surface area contributed by atoms with Crippen molar-refractivity contribution in [3.63, 3.8) is 0 Å². The van der Waals surface area contributed by atoms with E-state index in [0.29, 0.717) is 5.92 Å². The number of thiocarbonyl (C=S) groups is 1. The van der Waals surface area contributed by atoms with Gasteiger partial charge in [-0.05, 0) is 35.2 Å². The number of benzene rings is 3. The molecule has 3 heteroatoms. The van der Waals surface area contributed by atoms with Crippen molar-refractivity contribution in [1.29, 1.82) is 0 Å².